The van der Waals surface area contributed by atoms with E-state index in [1.54, 1.807) is 7.11 Å². The number of hydrogen-bond acceptors (Lipinski definition) is 4. The number of nitriles is 1. The van der Waals surface area contributed by atoms with Crippen LogP contribution >= 0.6 is 0 Å². The van der Waals surface area contributed by atoms with Crippen LogP contribution in [0, 0.1) is 11.3 Å². The molecule has 1 aliphatic heterocycles. The van der Waals surface area contributed by atoms with Gasteiger partial charge in [-0.2, -0.15) is 5.26 Å². The molecule has 1 fully saturated rings. The Balaban J connectivity index is 2.00. The van der Waals surface area contributed by atoms with E-state index in [4.69, 9.17) is 15.0 Å². The summed E-state index contributed by atoms with van der Waals surface area (Å²) in [5.41, 5.74) is 1.90. The van der Waals surface area contributed by atoms with Gasteiger partial charge >= 0.3 is 0 Å². The van der Waals surface area contributed by atoms with Crippen LogP contribution in [0.1, 0.15) is 18.7 Å². The van der Waals surface area contributed by atoms with Crippen molar-refractivity contribution in [2.24, 2.45) is 0 Å². The maximum atomic E-state index is 9.05. The zero-order valence-corrected chi connectivity index (χ0v) is 11.7. The van der Waals surface area contributed by atoms with Crippen molar-refractivity contribution < 1.29 is 4.74 Å². The maximum Gasteiger partial charge on any atom is 0.125 e. The molecule has 104 valence electrons. The van der Waals surface area contributed by atoms with Crippen LogP contribution in [0.15, 0.2) is 18.2 Å². The van der Waals surface area contributed by atoms with Crippen molar-refractivity contribution in [3.8, 4) is 11.8 Å². The number of hydrogen-bond donors (Lipinski definition) is 0. The second-order valence-electron chi connectivity index (χ2n) is 5.11. The van der Waals surface area contributed by atoms with Gasteiger partial charge in [0.2, 0.25) is 0 Å². The number of rotatable bonds is 4. The van der Waals surface area contributed by atoms with Crippen molar-refractivity contribution in [2.75, 3.05) is 20.2 Å². The lowest BCUT2D eigenvalue weighted by Crippen LogP contribution is -2.21. The molecule has 1 aromatic heterocycles. The van der Waals surface area contributed by atoms with Crippen molar-refractivity contribution >= 4 is 11.0 Å². The predicted molar refractivity (Wildman–Crippen MR) is 76.4 cm³/mol. The van der Waals surface area contributed by atoms with Gasteiger partial charge in [-0.15, -0.1) is 0 Å². The summed E-state index contributed by atoms with van der Waals surface area (Å²) in [5.74, 6) is 1.77. The minimum atomic E-state index is 0.339. The molecule has 0 spiro atoms. The highest BCUT2D eigenvalue weighted by Crippen LogP contribution is 2.23. The van der Waals surface area contributed by atoms with E-state index >= 15 is 0 Å². The summed E-state index contributed by atoms with van der Waals surface area (Å²) in [6.45, 7) is 3.41. The van der Waals surface area contributed by atoms with Gasteiger partial charge in [-0.25, -0.2) is 4.98 Å². The monoisotopic (exact) mass is 270 g/mol. The van der Waals surface area contributed by atoms with Gasteiger partial charge in [0, 0.05) is 6.07 Å². The molecule has 0 unspecified atom stereocenters. The number of aromatic nitrogens is 2. The topological polar surface area (TPSA) is 54.1 Å². The van der Waals surface area contributed by atoms with E-state index < -0.39 is 0 Å². The molecule has 1 aromatic carbocycles. The van der Waals surface area contributed by atoms with Gasteiger partial charge in [-0.05, 0) is 38.1 Å². The third-order valence-electron chi connectivity index (χ3n) is 3.83. The second kappa shape index (κ2) is 5.51. The first-order valence-electron chi connectivity index (χ1n) is 6.94. The zero-order chi connectivity index (χ0) is 13.9. The van der Waals surface area contributed by atoms with Crippen LogP contribution in [0.3, 0.4) is 0 Å². The van der Waals surface area contributed by atoms with Crippen molar-refractivity contribution in [2.45, 2.75) is 25.9 Å². The molecular weight excluding hydrogens is 252 g/mol. The predicted octanol–water partition coefficient (Wildman–Crippen LogP) is 2.16. The number of likely N-dealkylation sites (tertiary alicyclic amines) is 1. The first kappa shape index (κ1) is 12.9. The fourth-order valence-electron chi connectivity index (χ4n) is 2.80. The Morgan fingerprint density at radius 1 is 1.35 bits per heavy atom. The van der Waals surface area contributed by atoms with E-state index in [1.807, 2.05) is 22.8 Å². The van der Waals surface area contributed by atoms with Crippen LogP contribution in [0.2, 0.25) is 0 Å². The summed E-state index contributed by atoms with van der Waals surface area (Å²) in [6.07, 6.45) is 2.51. The summed E-state index contributed by atoms with van der Waals surface area (Å²) in [7, 11) is 1.65. The minimum Gasteiger partial charge on any atom is -0.497 e. The van der Waals surface area contributed by atoms with Crippen molar-refractivity contribution in [1.29, 1.82) is 5.26 Å². The lowest BCUT2D eigenvalue weighted by molar-refractivity contribution is 0.318. The summed E-state index contributed by atoms with van der Waals surface area (Å²) in [5, 5.41) is 9.05. The molecule has 3 rings (SSSR count). The smallest absolute Gasteiger partial charge is 0.125 e. The van der Waals surface area contributed by atoms with Gasteiger partial charge < -0.3 is 9.30 Å². The third kappa shape index (κ3) is 2.35. The van der Waals surface area contributed by atoms with Crippen LogP contribution < -0.4 is 4.74 Å². The molecule has 20 heavy (non-hydrogen) atoms. The largest absolute Gasteiger partial charge is 0.497 e. The Labute approximate surface area is 118 Å². The van der Waals surface area contributed by atoms with E-state index in [2.05, 4.69) is 11.0 Å². The van der Waals surface area contributed by atoms with Crippen molar-refractivity contribution in [1.82, 2.24) is 14.5 Å². The normalized spacial score (nSPS) is 15.6. The van der Waals surface area contributed by atoms with Crippen LogP contribution in [0.4, 0.5) is 0 Å². The second-order valence-corrected chi connectivity index (χ2v) is 5.11. The Morgan fingerprint density at radius 3 is 2.85 bits per heavy atom. The summed E-state index contributed by atoms with van der Waals surface area (Å²) < 4.78 is 7.25. The molecule has 2 aromatic rings. The van der Waals surface area contributed by atoms with E-state index in [0.29, 0.717) is 6.54 Å². The van der Waals surface area contributed by atoms with Crippen LogP contribution in [0.5, 0.6) is 5.75 Å². The molecule has 0 saturated carbocycles. The summed E-state index contributed by atoms with van der Waals surface area (Å²) >= 11 is 0. The number of benzene rings is 1. The minimum absolute atomic E-state index is 0.339. The van der Waals surface area contributed by atoms with E-state index in [9.17, 15) is 0 Å². The van der Waals surface area contributed by atoms with Crippen molar-refractivity contribution in [3.05, 3.63) is 24.0 Å². The molecule has 0 N–H and O–H groups in total. The zero-order valence-electron chi connectivity index (χ0n) is 11.7. The van der Waals surface area contributed by atoms with Gasteiger partial charge in [0.1, 0.15) is 18.1 Å². The molecular formula is C15H18N4O. The molecule has 5 nitrogen and oxygen atoms in total. The van der Waals surface area contributed by atoms with E-state index in [-0.39, 0.29) is 0 Å². The number of nitrogens with zero attached hydrogens (tertiary/aromatic N) is 4. The molecule has 5 heteroatoms. The molecule has 0 bridgehead atoms. The average Bonchev–Trinajstić information content (AvgIpc) is 3.08. The number of imidazole rings is 1. The van der Waals surface area contributed by atoms with Crippen LogP contribution in [-0.4, -0.2) is 34.7 Å². The van der Waals surface area contributed by atoms with Gasteiger partial charge in [0.15, 0.2) is 0 Å². The highest BCUT2D eigenvalue weighted by atomic mass is 16.5. The molecule has 1 aliphatic rings. The Morgan fingerprint density at radius 2 is 2.15 bits per heavy atom. The SMILES string of the molecule is COc1ccc2c(c1)nc(CN1CCCC1)n2CC#N. The number of fused-ring (bicyclic) bond motifs is 1. The van der Waals surface area contributed by atoms with Gasteiger partial charge in [0.25, 0.3) is 0 Å². The van der Waals surface area contributed by atoms with E-state index in [0.717, 1.165) is 42.2 Å². The van der Waals surface area contributed by atoms with Crippen molar-refractivity contribution in [3.63, 3.8) is 0 Å². The first-order valence-corrected chi connectivity index (χ1v) is 6.94. The fourth-order valence-corrected chi connectivity index (χ4v) is 2.80. The number of methoxy groups -OCH3 is 1. The lowest BCUT2D eigenvalue weighted by atomic mass is 10.3. The fraction of sp³-hybridized carbons (Fsp3) is 0.467. The maximum absolute atomic E-state index is 9.05. The summed E-state index contributed by atoms with van der Waals surface area (Å²) in [4.78, 5) is 7.09. The standard InChI is InChI=1S/C15H18N4O/c1-20-12-4-5-14-13(10-12)17-15(19(14)9-6-16)11-18-7-2-3-8-18/h4-5,10H,2-3,7-9,11H2,1H3. The lowest BCUT2D eigenvalue weighted by Gasteiger charge is -2.14. The highest BCUT2D eigenvalue weighted by molar-refractivity contribution is 5.78. The molecule has 0 atom stereocenters. The molecule has 0 amide bonds. The van der Waals surface area contributed by atoms with Gasteiger partial charge in [-0.1, -0.05) is 0 Å². The van der Waals surface area contributed by atoms with Gasteiger partial charge in [-0.3, -0.25) is 4.90 Å². The Bertz CT molecular complexity index is 650. The van der Waals surface area contributed by atoms with E-state index in [1.165, 1.54) is 12.8 Å². The van der Waals surface area contributed by atoms with Crippen LogP contribution in [-0.2, 0) is 13.1 Å². The quantitative estimate of drug-likeness (QED) is 0.854. The molecule has 0 aliphatic carbocycles. The first-order chi connectivity index (χ1) is 9.81. The Hall–Kier alpha value is -2.06. The average molecular weight is 270 g/mol. The highest BCUT2D eigenvalue weighted by Gasteiger charge is 2.17. The van der Waals surface area contributed by atoms with Crippen LogP contribution in [0.25, 0.3) is 11.0 Å². The number of ether oxygens (including phenoxy) is 1. The van der Waals surface area contributed by atoms with Gasteiger partial charge in [0.05, 0.1) is 30.8 Å². The molecule has 1 saturated heterocycles. The summed E-state index contributed by atoms with van der Waals surface area (Å²) in [6, 6.07) is 8.05. The molecule has 2 heterocycles. The third-order valence-corrected chi connectivity index (χ3v) is 3.83. The molecule has 0 radical (unpaired) electrons. The Kier molecular flexibility index (Phi) is 3.57.